The Labute approximate surface area is 149 Å². The van der Waals surface area contributed by atoms with Gasteiger partial charge in [0.1, 0.15) is 16.5 Å². The van der Waals surface area contributed by atoms with Gasteiger partial charge in [-0.3, -0.25) is 4.72 Å². The maximum atomic E-state index is 14.0. The average molecular weight is 373 g/mol. The smallest absolute Gasteiger partial charge is 0.263 e. The Balaban J connectivity index is 1.88. The molecule has 0 spiro atoms. The number of aromatic nitrogens is 1. The number of H-pyrrole nitrogens is 1. The number of nitrogens with one attached hydrogen (secondary N) is 2. The third-order valence-corrected chi connectivity index (χ3v) is 5.18. The van der Waals surface area contributed by atoms with Gasteiger partial charge in [-0.1, -0.05) is 12.1 Å². The summed E-state index contributed by atoms with van der Waals surface area (Å²) in [5, 5.41) is 8.75. The van der Waals surface area contributed by atoms with E-state index in [0.29, 0.717) is 5.56 Å². The fourth-order valence-electron chi connectivity index (χ4n) is 2.46. The molecule has 0 aliphatic heterocycles. The van der Waals surface area contributed by atoms with Gasteiger partial charge in [0.25, 0.3) is 10.0 Å². The Morgan fingerprint density at radius 3 is 2.46 bits per heavy atom. The summed E-state index contributed by atoms with van der Waals surface area (Å²) in [6, 6.07) is 10.9. The van der Waals surface area contributed by atoms with Gasteiger partial charge in [0.2, 0.25) is 0 Å². The van der Waals surface area contributed by atoms with Crippen LogP contribution in [-0.4, -0.2) is 13.4 Å². The van der Waals surface area contributed by atoms with Crippen LogP contribution < -0.4 is 4.72 Å². The number of nitrogens with zero attached hydrogens (tertiary/aromatic N) is 1. The van der Waals surface area contributed by atoms with Crippen LogP contribution in [0, 0.1) is 23.0 Å². The highest BCUT2D eigenvalue weighted by molar-refractivity contribution is 7.92. The van der Waals surface area contributed by atoms with E-state index in [1.807, 2.05) is 0 Å². The number of aromatic amines is 1. The van der Waals surface area contributed by atoms with Crippen molar-refractivity contribution in [3.05, 3.63) is 83.2 Å². The number of halogens is 2. The quantitative estimate of drug-likeness (QED) is 0.717. The predicted octanol–water partition coefficient (Wildman–Crippen LogP) is 3.56. The molecule has 8 heteroatoms. The fraction of sp³-hybridized carbons (Fsp3) is 0.0556. The SMILES string of the molecule is N#Cc1ccc(NS(=O)(=O)c2c[nH]cc2Cc2ccc(F)cc2)c(F)c1. The van der Waals surface area contributed by atoms with Gasteiger partial charge < -0.3 is 4.98 Å². The minimum atomic E-state index is -4.05. The summed E-state index contributed by atoms with van der Waals surface area (Å²) in [5.41, 5.74) is 1.02. The molecule has 3 aromatic rings. The Kier molecular flexibility index (Phi) is 4.73. The number of nitriles is 1. The molecule has 0 aliphatic rings. The molecule has 0 aliphatic carbocycles. The van der Waals surface area contributed by atoms with Crippen LogP contribution in [0.15, 0.2) is 59.8 Å². The molecule has 1 aromatic heterocycles. The molecule has 0 bridgehead atoms. The highest BCUT2D eigenvalue weighted by Gasteiger charge is 2.21. The van der Waals surface area contributed by atoms with Crippen LogP contribution >= 0.6 is 0 Å². The Hall–Kier alpha value is -3.18. The lowest BCUT2D eigenvalue weighted by Crippen LogP contribution is -2.15. The van der Waals surface area contributed by atoms with Crippen molar-refractivity contribution in [1.29, 1.82) is 5.26 Å². The van der Waals surface area contributed by atoms with Gasteiger partial charge in [-0.05, 0) is 41.5 Å². The second-order valence-corrected chi connectivity index (χ2v) is 7.21. The average Bonchev–Trinajstić information content (AvgIpc) is 3.08. The monoisotopic (exact) mass is 373 g/mol. The molecule has 5 nitrogen and oxygen atoms in total. The molecule has 132 valence electrons. The van der Waals surface area contributed by atoms with Crippen LogP contribution in [0.4, 0.5) is 14.5 Å². The van der Waals surface area contributed by atoms with Crippen LogP contribution in [0.5, 0.6) is 0 Å². The van der Waals surface area contributed by atoms with Gasteiger partial charge in [-0.2, -0.15) is 5.26 Å². The first-order valence-corrected chi connectivity index (χ1v) is 9.00. The van der Waals surface area contributed by atoms with E-state index < -0.39 is 15.8 Å². The van der Waals surface area contributed by atoms with Crippen LogP contribution in [-0.2, 0) is 16.4 Å². The molecule has 26 heavy (non-hydrogen) atoms. The van der Waals surface area contributed by atoms with E-state index >= 15 is 0 Å². The van der Waals surface area contributed by atoms with E-state index in [1.165, 1.54) is 36.7 Å². The summed E-state index contributed by atoms with van der Waals surface area (Å²) in [4.78, 5) is 2.69. The minimum absolute atomic E-state index is 0.0365. The third kappa shape index (κ3) is 3.73. The maximum absolute atomic E-state index is 14.0. The van der Waals surface area contributed by atoms with Crippen LogP contribution in [0.2, 0.25) is 0 Å². The maximum Gasteiger partial charge on any atom is 0.263 e. The molecular formula is C18H13F2N3O2S. The molecule has 0 saturated heterocycles. The van der Waals surface area contributed by atoms with Gasteiger partial charge in [0, 0.05) is 18.8 Å². The van der Waals surface area contributed by atoms with E-state index in [9.17, 15) is 17.2 Å². The predicted molar refractivity (Wildman–Crippen MR) is 91.9 cm³/mol. The van der Waals surface area contributed by atoms with Crippen LogP contribution in [0.1, 0.15) is 16.7 Å². The van der Waals surface area contributed by atoms with E-state index in [0.717, 1.165) is 11.6 Å². The zero-order valence-corrected chi connectivity index (χ0v) is 14.1. The standard InChI is InChI=1S/C18H13F2N3O2S/c19-15-4-1-12(2-5-15)7-14-10-22-11-18(14)26(24,25)23-17-6-3-13(9-21)8-16(17)20/h1-6,8,10-11,22-23H,7H2. The van der Waals surface area contributed by atoms with Gasteiger partial charge in [0.05, 0.1) is 17.3 Å². The van der Waals surface area contributed by atoms with Crippen molar-refractivity contribution in [3.63, 3.8) is 0 Å². The Morgan fingerprint density at radius 1 is 1.08 bits per heavy atom. The van der Waals surface area contributed by atoms with Crippen molar-refractivity contribution in [2.75, 3.05) is 4.72 Å². The molecule has 0 amide bonds. The first-order valence-electron chi connectivity index (χ1n) is 7.51. The summed E-state index contributed by atoms with van der Waals surface area (Å²) < 4.78 is 54.4. The van der Waals surface area contributed by atoms with Crippen molar-refractivity contribution in [2.24, 2.45) is 0 Å². The number of hydrogen-bond donors (Lipinski definition) is 2. The molecule has 0 atom stereocenters. The first kappa shape index (κ1) is 17.6. The lowest BCUT2D eigenvalue weighted by molar-refractivity contribution is 0.598. The van der Waals surface area contributed by atoms with Gasteiger partial charge in [0.15, 0.2) is 0 Å². The topological polar surface area (TPSA) is 85.8 Å². The van der Waals surface area contributed by atoms with E-state index in [4.69, 9.17) is 5.26 Å². The molecule has 0 radical (unpaired) electrons. The molecule has 1 heterocycles. The van der Waals surface area contributed by atoms with Crippen molar-refractivity contribution in [1.82, 2.24) is 4.98 Å². The molecule has 0 fully saturated rings. The molecular weight excluding hydrogens is 360 g/mol. The van der Waals surface area contributed by atoms with E-state index in [1.54, 1.807) is 18.2 Å². The lowest BCUT2D eigenvalue weighted by atomic mass is 10.1. The van der Waals surface area contributed by atoms with Gasteiger partial charge in [-0.15, -0.1) is 0 Å². The van der Waals surface area contributed by atoms with E-state index in [2.05, 4.69) is 9.71 Å². The number of hydrogen-bond acceptors (Lipinski definition) is 3. The van der Waals surface area contributed by atoms with Crippen molar-refractivity contribution in [3.8, 4) is 6.07 Å². The summed E-state index contributed by atoms with van der Waals surface area (Å²) >= 11 is 0. The first-order chi connectivity index (χ1) is 12.4. The number of anilines is 1. The zero-order valence-electron chi connectivity index (χ0n) is 13.3. The third-order valence-electron chi connectivity index (χ3n) is 3.73. The van der Waals surface area contributed by atoms with E-state index in [-0.39, 0.29) is 28.4 Å². The molecule has 3 rings (SSSR count). The highest BCUT2D eigenvalue weighted by Crippen LogP contribution is 2.24. The molecule has 2 aromatic carbocycles. The minimum Gasteiger partial charge on any atom is -0.366 e. The molecule has 0 saturated carbocycles. The summed E-state index contributed by atoms with van der Waals surface area (Å²) in [6.45, 7) is 0. The normalized spacial score (nSPS) is 11.1. The largest absolute Gasteiger partial charge is 0.366 e. The number of rotatable bonds is 5. The fourth-order valence-corrected chi connectivity index (χ4v) is 3.72. The van der Waals surface area contributed by atoms with Crippen LogP contribution in [0.25, 0.3) is 0 Å². The van der Waals surface area contributed by atoms with Crippen LogP contribution in [0.3, 0.4) is 0 Å². The summed E-state index contributed by atoms with van der Waals surface area (Å²) in [7, 11) is -4.05. The van der Waals surface area contributed by atoms with Crippen molar-refractivity contribution >= 4 is 15.7 Å². The lowest BCUT2D eigenvalue weighted by Gasteiger charge is -2.10. The highest BCUT2D eigenvalue weighted by atomic mass is 32.2. The van der Waals surface area contributed by atoms with Crippen molar-refractivity contribution < 1.29 is 17.2 Å². The summed E-state index contributed by atoms with van der Waals surface area (Å²) in [5.74, 6) is -1.23. The Bertz CT molecular complexity index is 1080. The molecule has 2 N–H and O–H groups in total. The van der Waals surface area contributed by atoms with Crippen molar-refractivity contribution in [2.45, 2.75) is 11.3 Å². The Morgan fingerprint density at radius 2 is 1.81 bits per heavy atom. The zero-order chi connectivity index (χ0) is 18.7. The number of sulfonamides is 1. The number of benzene rings is 2. The molecule has 0 unspecified atom stereocenters. The second-order valence-electron chi connectivity index (χ2n) is 5.56. The second kappa shape index (κ2) is 6.98. The van der Waals surface area contributed by atoms with Gasteiger partial charge >= 0.3 is 0 Å². The van der Waals surface area contributed by atoms with Gasteiger partial charge in [-0.25, -0.2) is 17.2 Å². The summed E-state index contributed by atoms with van der Waals surface area (Å²) in [6.07, 6.45) is 3.08.